The molecular formula is C23H22N2O4S. The zero-order valence-electron chi connectivity index (χ0n) is 16.9. The van der Waals surface area contributed by atoms with Crippen molar-refractivity contribution in [1.82, 2.24) is 5.32 Å². The molecule has 1 aliphatic heterocycles. The number of anilines is 1. The van der Waals surface area contributed by atoms with E-state index in [2.05, 4.69) is 10.6 Å². The second kappa shape index (κ2) is 8.20. The molecule has 30 heavy (non-hydrogen) atoms. The van der Waals surface area contributed by atoms with Crippen LogP contribution in [-0.4, -0.2) is 18.5 Å². The Labute approximate surface area is 178 Å². The first-order valence-corrected chi connectivity index (χ1v) is 10.5. The van der Waals surface area contributed by atoms with Crippen LogP contribution in [0.1, 0.15) is 49.8 Å². The van der Waals surface area contributed by atoms with Crippen LogP contribution in [0.5, 0.6) is 11.5 Å². The number of carbonyl (C=O) groups is 2. The molecule has 3 aromatic rings. The number of benzene rings is 2. The van der Waals surface area contributed by atoms with Gasteiger partial charge in [0.2, 0.25) is 0 Å². The fraction of sp³-hybridized carbons (Fsp3) is 0.217. The van der Waals surface area contributed by atoms with Crippen LogP contribution >= 0.6 is 11.3 Å². The van der Waals surface area contributed by atoms with Gasteiger partial charge in [0, 0.05) is 4.88 Å². The van der Waals surface area contributed by atoms with Crippen molar-refractivity contribution in [3.63, 3.8) is 0 Å². The van der Waals surface area contributed by atoms with Crippen LogP contribution in [0.2, 0.25) is 0 Å². The summed E-state index contributed by atoms with van der Waals surface area (Å²) in [6, 6.07) is 14.1. The standard InChI is InChI=1S/C23H22N2O4S/c1-4-28-18-12-16(10-11-17(18)29-23(27)15-8-6-5-7-9-15)20-24-21(26)19-13(2)14(3)30-22(19)25-20/h5-12,20,25H,4H2,1-3H3,(H,24,26). The summed E-state index contributed by atoms with van der Waals surface area (Å²) in [5.41, 5.74) is 2.96. The van der Waals surface area contributed by atoms with Crippen molar-refractivity contribution in [2.24, 2.45) is 0 Å². The van der Waals surface area contributed by atoms with Crippen molar-refractivity contribution >= 4 is 28.2 Å². The number of hydrogen-bond donors (Lipinski definition) is 2. The molecule has 0 aliphatic carbocycles. The van der Waals surface area contributed by atoms with Crippen molar-refractivity contribution in [3.8, 4) is 11.5 Å². The fourth-order valence-corrected chi connectivity index (χ4v) is 4.41. The highest BCUT2D eigenvalue weighted by Crippen LogP contribution is 2.39. The van der Waals surface area contributed by atoms with Gasteiger partial charge in [-0.1, -0.05) is 24.3 Å². The number of carbonyl (C=O) groups excluding carboxylic acids is 2. The molecule has 2 heterocycles. The molecule has 0 saturated carbocycles. The summed E-state index contributed by atoms with van der Waals surface area (Å²) in [5.74, 6) is 0.218. The van der Waals surface area contributed by atoms with Gasteiger partial charge in [-0.05, 0) is 56.2 Å². The van der Waals surface area contributed by atoms with Crippen molar-refractivity contribution in [3.05, 3.63) is 75.7 Å². The van der Waals surface area contributed by atoms with Crippen LogP contribution in [0.25, 0.3) is 0 Å². The van der Waals surface area contributed by atoms with Gasteiger partial charge in [0.15, 0.2) is 11.5 Å². The Morgan fingerprint density at radius 1 is 1.07 bits per heavy atom. The Hall–Kier alpha value is -3.32. The molecule has 0 spiro atoms. The molecule has 2 N–H and O–H groups in total. The Balaban J connectivity index is 1.60. The largest absolute Gasteiger partial charge is 0.490 e. The summed E-state index contributed by atoms with van der Waals surface area (Å²) >= 11 is 1.57. The van der Waals surface area contributed by atoms with Gasteiger partial charge in [-0.25, -0.2) is 4.79 Å². The van der Waals surface area contributed by atoms with Gasteiger partial charge in [0.1, 0.15) is 11.2 Å². The lowest BCUT2D eigenvalue weighted by molar-refractivity contribution is 0.0728. The first-order chi connectivity index (χ1) is 14.5. The number of fused-ring (bicyclic) bond motifs is 1. The number of hydrogen-bond acceptors (Lipinski definition) is 6. The molecular weight excluding hydrogens is 400 g/mol. The summed E-state index contributed by atoms with van der Waals surface area (Å²) in [4.78, 5) is 26.2. The normalized spacial score (nSPS) is 15.0. The predicted molar refractivity (Wildman–Crippen MR) is 117 cm³/mol. The van der Waals surface area contributed by atoms with Crippen molar-refractivity contribution in [2.45, 2.75) is 26.9 Å². The van der Waals surface area contributed by atoms with Crippen LogP contribution in [0, 0.1) is 13.8 Å². The molecule has 1 unspecified atom stereocenters. The Bertz CT molecular complexity index is 1110. The molecule has 1 amide bonds. The van der Waals surface area contributed by atoms with Gasteiger partial charge >= 0.3 is 5.97 Å². The highest BCUT2D eigenvalue weighted by Gasteiger charge is 2.29. The molecule has 0 fully saturated rings. The van der Waals surface area contributed by atoms with Gasteiger partial charge in [-0.15, -0.1) is 11.3 Å². The first-order valence-electron chi connectivity index (χ1n) is 9.69. The quantitative estimate of drug-likeness (QED) is 0.455. The van der Waals surface area contributed by atoms with Gasteiger partial charge in [0.05, 0.1) is 17.7 Å². The number of esters is 1. The summed E-state index contributed by atoms with van der Waals surface area (Å²) in [6.45, 7) is 6.23. The van der Waals surface area contributed by atoms with Crippen molar-refractivity contribution in [2.75, 3.05) is 11.9 Å². The van der Waals surface area contributed by atoms with Crippen LogP contribution in [-0.2, 0) is 0 Å². The molecule has 6 nitrogen and oxygen atoms in total. The third-order valence-corrected chi connectivity index (χ3v) is 6.11. The van der Waals surface area contributed by atoms with E-state index in [-0.39, 0.29) is 5.91 Å². The van der Waals surface area contributed by atoms with Gasteiger partial charge < -0.3 is 20.1 Å². The molecule has 0 radical (unpaired) electrons. The number of rotatable bonds is 5. The van der Waals surface area contributed by atoms with E-state index >= 15 is 0 Å². The maximum Gasteiger partial charge on any atom is 0.343 e. The van der Waals surface area contributed by atoms with E-state index in [1.807, 2.05) is 32.9 Å². The second-order valence-electron chi connectivity index (χ2n) is 6.93. The molecule has 0 bridgehead atoms. The molecule has 1 aromatic heterocycles. The summed E-state index contributed by atoms with van der Waals surface area (Å²) in [6.07, 6.45) is -0.402. The minimum Gasteiger partial charge on any atom is -0.490 e. The topological polar surface area (TPSA) is 76.7 Å². The number of aryl methyl sites for hydroxylation is 1. The molecule has 4 rings (SSSR count). The van der Waals surface area contributed by atoms with Gasteiger partial charge in [-0.2, -0.15) is 0 Å². The third kappa shape index (κ3) is 3.76. The number of ether oxygens (including phenoxy) is 2. The van der Waals surface area contributed by atoms with Crippen LogP contribution in [0.3, 0.4) is 0 Å². The zero-order valence-corrected chi connectivity index (χ0v) is 17.8. The Morgan fingerprint density at radius 3 is 2.57 bits per heavy atom. The monoisotopic (exact) mass is 422 g/mol. The highest BCUT2D eigenvalue weighted by molar-refractivity contribution is 7.16. The van der Waals surface area contributed by atoms with Crippen LogP contribution in [0.15, 0.2) is 48.5 Å². The third-order valence-electron chi connectivity index (χ3n) is 4.98. The minimum absolute atomic E-state index is 0.104. The number of thiophene rings is 1. The SMILES string of the molecule is CCOc1cc(C2NC(=O)c3c(sc(C)c3C)N2)ccc1OC(=O)c1ccccc1. The molecule has 1 aliphatic rings. The lowest BCUT2D eigenvalue weighted by Crippen LogP contribution is -2.38. The predicted octanol–water partition coefficient (Wildman–Crippen LogP) is 4.84. The molecule has 7 heteroatoms. The maximum atomic E-state index is 12.6. The smallest absolute Gasteiger partial charge is 0.343 e. The summed E-state index contributed by atoms with van der Waals surface area (Å²) in [5, 5.41) is 7.23. The Morgan fingerprint density at radius 2 is 1.83 bits per heavy atom. The van der Waals surface area contributed by atoms with Crippen LogP contribution in [0.4, 0.5) is 5.00 Å². The van der Waals surface area contributed by atoms with Crippen molar-refractivity contribution in [1.29, 1.82) is 0 Å². The zero-order chi connectivity index (χ0) is 21.3. The maximum absolute atomic E-state index is 12.6. The van der Waals surface area contributed by atoms with E-state index in [1.54, 1.807) is 47.7 Å². The number of nitrogens with one attached hydrogen (secondary N) is 2. The highest BCUT2D eigenvalue weighted by atomic mass is 32.1. The fourth-order valence-electron chi connectivity index (χ4n) is 3.33. The Kier molecular flexibility index (Phi) is 5.46. The molecule has 1 atom stereocenters. The lowest BCUT2D eigenvalue weighted by Gasteiger charge is -2.27. The molecule has 0 saturated heterocycles. The van der Waals surface area contributed by atoms with Crippen LogP contribution < -0.4 is 20.1 Å². The lowest BCUT2D eigenvalue weighted by atomic mass is 10.1. The van der Waals surface area contributed by atoms with E-state index in [1.165, 1.54) is 0 Å². The molecule has 154 valence electrons. The van der Waals surface area contributed by atoms with E-state index in [0.717, 1.165) is 21.0 Å². The minimum atomic E-state index is -0.456. The number of amides is 1. The van der Waals surface area contributed by atoms with E-state index in [4.69, 9.17) is 9.47 Å². The average molecular weight is 423 g/mol. The average Bonchev–Trinajstić information content (AvgIpc) is 3.04. The second-order valence-corrected chi connectivity index (χ2v) is 8.16. The van der Waals surface area contributed by atoms with E-state index in [0.29, 0.717) is 29.2 Å². The summed E-state index contributed by atoms with van der Waals surface area (Å²) in [7, 11) is 0. The molecule has 2 aromatic carbocycles. The van der Waals surface area contributed by atoms with E-state index < -0.39 is 12.1 Å². The van der Waals surface area contributed by atoms with E-state index in [9.17, 15) is 9.59 Å². The van der Waals surface area contributed by atoms with Gasteiger partial charge in [0.25, 0.3) is 5.91 Å². The first kappa shape index (κ1) is 20.0. The van der Waals surface area contributed by atoms with Gasteiger partial charge in [-0.3, -0.25) is 4.79 Å². The summed E-state index contributed by atoms with van der Waals surface area (Å²) < 4.78 is 11.3. The van der Waals surface area contributed by atoms with Crippen molar-refractivity contribution < 1.29 is 19.1 Å².